The fraction of sp³-hybridized carbons (Fsp3) is 1.00. The molecule has 12 heavy (non-hydrogen) atoms. The third-order valence-electron chi connectivity index (χ3n) is 2.44. The number of methoxy groups -OCH3 is 1. The lowest BCUT2D eigenvalue weighted by molar-refractivity contribution is 0.0857. The number of ether oxygens (including phenoxy) is 1. The highest BCUT2D eigenvalue weighted by Gasteiger charge is 2.21. The van der Waals surface area contributed by atoms with Crippen molar-refractivity contribution < 1.29 is 9.84 Å². The minimum absolute atomic E-state index is 0.143. The highest BCUT2D eigenvalue weighted by molar-refractivity contribution is 4.79. The third kappa shape index (κ3) is 3.09. The molecule has 0 saturated heterocycles. The topological polar surface area (TPSA) is 41.5 Å². The second kappa shape index (κ2) is 5.51. The SMILES string of the molecule is COCCN[C@H]1CCCC[C@H]1O. The van der Waals surface area contributed by atoms with Crippen molar-refractivity contribution >= 4 is 0 Å². The molecule has 2 N–H and O–H groups in total. The van der Waals surface area contributed by atoms with E-state index in [9.17, 15) is 5.11 Å². The molecule has 1 rings (SSSR count). The van der Waals surface area contributed by atoms with Crippen LogP contribution in [0.1, 0.15) is 25.7 Å². The van der Waals surface area contributed by atoms with Crippen LogP contribution in [0, 0.1) is 0 Å². The van der Waals surface area contributed by atoms with Crippen LogP contribution < -0.4 is 5.32 Å². The van der Waals surface area contributed by atoms with E-state index in [0.29, 0.717) is 6.04 Å². The second-order valence-electron chi connectivity index (χ2n) is 3.41. The van der Waals surface area contributed by atoms with Crippen molar-refractivity contribution in [3.63, 3.8) is 0 Å². The Morgan fingerprint density at radius 1 is 1.42 bits per heavy atom. The molecule has 0 unspecified atom stereocenters. The lowest BCUT2D eigenvalue weighted by atomic mass is 9.93. The number of hydrogen-bond acceptors (Lipinski definition) is 3. The maximum Gasteiger partial charge on any atom is 0.0693 e. The first-order valence-corrected chi connectivity index (χ1v) is 4.75. The number of nitrogens with one attached hydrogen (secondary N) is 1. The molecule has 3 heteroatoms. The van der Waals surface area contributed by atoms with Crippen LogP contribution in [0.25, 0.3) is 0 Å². The Bertz CT molecular complexity index is 119. The van der Waals surface area contributed by atoms with Crippen molar-refractivity contribution in [1.82, 2.24) is 5.32 Å². The molecule has 3 nitrogen and oxygen atoms in total. The molecular formula is C9H19NO2. The predicted molar refractivity (Wildman–Crippen MR) is 48.1 cm³/mol. The Hall–Kier alpha value is -0.120. The van der Waals surface area contributed by atoms with Crippen molar-refractivity contribution in [1.29, 1.82) is 0 Å². The summed E-state index contributed by atoms with van der Waals surface area (Å²) in [6.45, 7) is 1.57. The summed E-state index contributed by atoms with van der Waals surface area (Å²) >= 11 is 0. The van der Waals surface area contributed by atoms with E-state index < -0.39 is 0 Å². The van der Waals surface area contributed by atoms with Crippen molar-refractivity contribution in [3.05, 3.63) is 0 Å². The van der Waals surface area contributed by atoms with Crippen LogP contribution in [0.4, 0.5) is 0 Å². The van der Waals surface area contributed by atoms with Crippen LogP contribution in [0.3, 0.4) is 0 Å². The standard InChI is InChI=1S/C9H19NO2/c1-12-7-6-10-8-4-2-3-5-9(8)11/h8-11H,2-7H2,1H3/t8-,9+/m0/s1. The van der Waals surface area contributed by atoms with Crippen LogP contribution in [0.15, 0.2) is 0 Å². The van der Waals surface area contributed by atoms with Gasteiger partial charge in [-0.3, -0.25) is 0 Å². The van der Waals surface area contributed by atoms with Gasteiger partial charge in [-0.15, -0.1) is 0 Å². The Morgan fingerprint density at radius 3 is 2.83 bits per heavy atom. The largest absolute Gasteiger partial charge is 0.392 e. The van der Waals surface area contributed by atoms with Gasteiger partial charge in [0.2, 0.25) is 0 Å². The first-order valence-electron chi connectivity index (χ1n) is 4.75. The van der Waals surface area contributed by atoms with Gasteiger partial charge in [-0.05, 0) is 12.8 Å². The maximum absolute atomic E-state index is 9.56. The smallest absolute Gasteiger partial charge is 0.0693 e. The number of aliphatic hydroxyl groups is 1. The Balaban J connectivity index is 2.11. The van der Waals surface area contributed by atoms with Crippen molar-refractivity contribution in [2.45, 2.75) is 37.8 Å². The van der Waals surface area contributed by atoms with Crippen molar-refractivity contribution in [2.75, 3.05) is 20.3 Å². The van der Waals surface area contributed by atoms with Gasteiger partial charge in [0.1, 0.15) is 0 Å². The summed E-state index contributed by atoms with van der Waals surface area (Å²) in [5.41, 5.74) is 0. The minimum Gasteiger partial charge on any atom is -0.392 e. The highest BCUT2D eigenvalue weighted by atomic mass is 16.5. The lowest BCUT2D eigenvalue weighted by Crippen LogP contribution is -2.43. The number of hydrogen-bond donors (Lipinski definition) is 2. The Labute approximate surface area is 74.1 Å². The van der Waals surface area contributed by atoms with Gasteiger partial charge in [0, 0.05) is 19.7 Å². The van der Waals surface area contributed by atoms with E-state index in [1.807, 2.05) is 0 Å². The molecule has 1 aliphatic carbocycles. The average Bonchev–Trinajstić information content (AvgIpc) is 2.09. The second-order valence-corrected chi connectivity index (χ2v) is 3.41. The van der Waals surface area contributed by atoms with Crippen LogP contribution >= 0.6 is 0 Å². The zero-order valence-corrected chi connectivity index (χ0v) is 7.75. The van der Waals surface area contributed by atoms with Gasteiger partial charge in [0.15, 0.2) is 0 Å². The van der Waals surface area contributed by atoms with Crippen LogP contribution in [0.2, 0.25) is 0 Å². The normalized spacial score (nSPS) is 30.5. The minimum atomic E-state index is -0.143. The summed E-state index contributed by atoms with van der Waals surface area (Å²) < 4.78 is 4.92. The summed E-state index contributed by atoms with van der Waals surface area (Å²) in [4.78, 5) is 0. The van der Waals surface area contributed by atoms with E-state index in [2.05, 4.69) is 5.32 Å². The molecule has 0 spiro atoms. The fourth-order valence-corrected chi connectivity index (χ4v) is 1.70. The molecule has 1 aliphatic rings. The molecule has 72 valence electrons. The van der Waals surface area contributed by atoms with E-state index in [-0.39, 0.29) is 6.10 Å². The van der Waals surface area contributed by atoms with E-state index >= 15 is 0 Å². The van der Waals surface area contributed by atoms with E-state index in [4.69, 9.17) is 4.74 Å². The van der Waals surface area contributed by atoms with E-state index in [1.54, 1.807) is 7.11 Å². The van der Waals surface area contributed by atoms with Gasteiger partial charge in [-0.25, -0.2) is 0 Å². The monoisotopic (exact) mass is 173 g/mol. The summed E-state index contributed by atoms with van der Waals surface area (Å²) in [6, 6.07) is 0.300. The highest BCUT2D eigenvalue weighted by Crippen LogP contribution is 2.17. The van der Waals surface area contributed by atoms with Gasteiger partial charge in [-0.1, -0.05) is 12.8 Å². The van der Waals surface area contributed by atoms with E-state index in [0.717, 1.165) is 26.0 Å². The predicted octanol–water partition coefficient (Wildman–Crippen LogP) is 0.526. The van der Waals surface area contributed by atoms with Gasteiger partial charge in [0.25, 0.3) is 0 Å². The molecule has 0 aromatic carbocycles. The van der Waals surface area contributed by atoms with Crippen LogP contribution in [-0.4, -0.2) is 37.5 Å². The van der Waals surface area contributed by atoms with Gasteiger partial charge in [0.05, 0.1) is 12.7 Å². The molecule has 1 saturated carbocycles. The fourth-order valence-electron chi connectivity index (χ4n) is 1.70. The molecular weight excluding hydrogens is 154 g/mol. The first-order chi connectivity index (χ1) is 5.84. The summed E-state index contributed by atoms with van der Waals surface area (Å²) in [5, 5.41) is 12.9. The van der Waals surface area contributed by atoms with Crippen molar-refractivity contribution in [3.8, 4) is 0 Å². The van der Waals surface area contributed by atoms with Gasteiger partial charge in [-0.2, -0.15) is 0 Å². The average molecular weight is 173 g/mol. The Kier molecular flexibility index (Phi) is 4.58. The number of rotatable bonds is 4. The molecule has 0 aliphatic heterocycles. The maximum atomic E-state index is 9.56. The van der Waals surface area contributed by atoms with Crippen LogP contribution in [-0.2, 0) is 4.74 Å². The first kappa shape index (κ1) is 9.96. The van der Waals surface area contributed by atoms with Gasteiger partial charge >= 0.3 is 0 Å². The Morgan fingerprint density at radius 2 is 2.17 bits per heavy atom. The molecule has 2 atom stereocenters. The number of aliphatic hydroxyl groups excluding tert-OH is 1. The molecule has 1 fully saturated rings. The summed E-state index contributed by atoms with van der Waals surface area (Å²) in [6.07, 6.45) is 4.32. The summed E-state index contributed by atoms with van der Waals surface area (Å²) in [7, 11) is 1.69. The molecule has 0 bridgehead atoms. The molecule has 0 aromatic heterocycles. The quantitative estimate of drug-likeness (QED) is 0.609. The van der Waals surface area contributed by atoms with Crippen LogP contribution in [0.5, 0.6) is 0 Å². The third-order valence-corrected chi connectivity index (χ3v) is 2.44. The zero-order chi connectivity index (χ0) is 8.81. The molecule has 0 heterocycles. The van der Waals surface area contributed by atoms with E-state index in [1.165, 1.54) is 12.8 Å². The van der Waals surface area contributed by atoms with Gasteiger partial charge < -0.3 is 15.2 Å². The summed E-state index contributed by atoms with van der Waals surface area (Å²) in [5.74, 6) is 0. The molecule has 0 amide bonds. The molecule has 0 aromatic rings. The molecule has 0 radical (unpaired) electrons. The van der Waals surface area contributed by atoms with Crippen molar-refractivity contribution in [2.24, 2.45) is 0 Å². The zero-order valence-electron chi connectivity index (χ0n) is 7.75. The lowest BCUT2D eigenvalue weighted by Gasteiger charge is -2.28.